The summed E-state index contributed by atoms with van der Waals surface area (Å²) < 4.78 is 5.44. The van der Waals surface area contributed by atoms with Gasteiger partial charge in [-0.05, 0) is 73.5 Å². The highest BCUT2D eigenvalue weighted by Gasteiger charge is 2.24. The molecule has 3 aliphatic heterocycles. The summed E-state index contributed by atoms with van der Waals surface area (Å²) >= 11 is 0. The Morgan fingerprint density at radius 2 is 1.59 bits per heavy atom. The van der Waals surface area contributed by atoms with Gasteiger partial charge in [0.25, 0.3) is 5.91 Å². The van der Waals surface area contributed by atoms with Gasteiger partial charge in [-0.25, -0.2) is 0 Å². The lowest BCUT2D eigenvalue weighted by atomic mass is 9.93. The van der Waals surface area contributed by atoms with Gasteiger partial charge < -0.3 is 14.5 Å². The van der Waals surface area contributed by atoms with Crippen LogP contribution in [0.2, 0.25) is 0 Å². The van der Waals surface area contributed by atoms with Gasteiger partial charge >= 0.3 is 0 Å². The smallest absolute Gasteiger partial charge is 0.253 e. The number of anilines is 1. The van der Waals surface area contributed by atoms with Crippen LogP contribution in [0.1, 0.15) is 40.7 Å². The summed E-state index contributed by atoms with van der Waals surface area (Å²) in [7, 11) is 0. The maximum absolute atomic E-state index is 13.1. The number of carbonyl (C=O) groups excluding carboxylic acids is 1. The number of amides is 1. The first kappa shape index (κ1) is 21.5. The van der Waals surface area contributed by atoms with Crippen LogP contribution in [0.5, 0.6) is 0 Å². The molecule has 170 valence electrons. The van der Waals surface area contributed by atoms with Gasteiger partial charge in [0, 0.05) is 50.5 Å². The van der Waals surface area contributed by atoms with Crippen LogP contribution in [-0.2, 0) is 17.7 Å². The number of hydrogen-bond donors (Lipinski definition) is 0. The molecule has 32 heavy (non-hydrogen) atoms. The van der Waals surface area contributed by atoms with E-state index in [-0.39, 0.29) is 5.91 Å². The zero-order valence-corrected chi connectivity index (χ0v) is 19.0. The Morgan fingerprint density at radius 3 is 2.34 bits per heavy atom. The minimum Gasteiger partial charge on any atom is -0.379 e. The van der Waals surface area contributed by atoms with E-state index in [9.17, 15) is 4.79 Å². The van der Waals surface area contributed by atoms with E-state index in [1.165, 1.54) is 29.8 Å². The van der Waals surface area contributed by atoms with Crippen LogP contribution in [0.25, 0.3) is 0 Å². The second-order valence-electron chi connectivity index (χ2n) is 9.47. The molecule has 0 bridgehead atoms. The fourth-order valence-electron chi connectivity index (χ4n) is 5.33. The topological polar surface area (TPSA) is 36.0 Å². The van der Waals surface area contributed by atoms with Crippen LogP contribution in [0.3, 0.4) is 0 Å². The van der Waals surface area contributed by atoms with E-state index in [0.29, 0.717) is 0 Å². The normalized spacial score (nSPS) is 20.2. The molecule has 0 aliphatic carbocycles. The molecular formula is C27H35N3O2. The van der Waals surface area contributed by atoms with E-state index in [1.54, 1.807) is 0 Å². The Hall–Kier alpha value is -2.37. The second-order valence-corrected chi connectivity index (χ2v) is 9.47. The van der Waals surface area contributed by atoms with Crippen LogP contribution in [-0.4, -0.2) is 68.2 Å². The Balaban J connectivity index is 1.11. The zero-order chi connectivity index (χ0) is 21.8. The van der Waals surface area contributed by atoms with Crippen molar-refractivity contribution < 1.29 is 9.53 Å². The van der Waals surface area contributed by atoms with E-state index in [0.717, 1.165) is 83.2 Å². The van der Waals surface area contributed by atoms with Gasteiger partial charge in [-0.15, -0.1) is 0 Å². The van der Waals surface area contributed by atoms with Crippen molar-refractivity contribution in [3.05, 3.63) is 65.2 Å². The van der Waals surface area contributed by atoms with Crippen molar-refractivity contribution in [1.29, 1.82) is 0 Å². The molecule has 5 rings (SSSR count). The third-order valence-electron chi connectivity index (χ3n) is 7.47. The quantitative estimate of drug-likeness (QED) is 0.718. The van der Waals surface area contributed by atoms with Crippen molar-refractivity contribution in [2.75, 3.05) is 57.4 Å². The minimum atomic E-state index is 0.187. The van der Waals surface area contributed by atoms with Crippen LogP contribution >= 0.6 is 0 Å². The number of fused-ring (bicyclic) bond motifs is 1. The molecular weight excluding hydrogens is 398 g/mol. The monoisotopic (exact) mass is 433 g/mol. The zero-order valence-electron chi connectivity index (χ0n) is 19.0. The third kappa shape index (κ3) is 5.00. The number of rotatable bonds is 5. The lowest BCUT2D eigenvalue weighted by molar-refractivity contribution is 0.0332. The summed E-state index contributed by atoms with van der Waals surface area (Å²) in [6, 6.07) is 17.0. The average molecular weight is 434 g/mol. The molecule has 0 radical (unpaired) electrons. The van der Waals surface area contributed by atoms with Gasteiger partial charge in [0.2, 0.25) is 0 Å². The van der Waals surface area contributed by atoms with Gasteiger partial charge in [-0.3, -0.25) is 9.69 Å². The molecule has 2 fully saturated rings. The summed E-state index contributed by atoms with van der Waals surface area (Å²) in [6.45, 7) is 8.80. The Kier molecular flexibility index (Phi) is 6.75. The van der Waals surface area contributed by atoms with Gasteiger partial charge in [-0.1, -0.05) is 24.3 Å². The van der Waals surface area contributed by atoms with E-state index in [1.807, 2.05) is 12.1 Å². The van der Waals surface area contributed by atoms with Crippen molar-refractivity contribution in [3.8, 4) is 0 Å². The molecule has 0 unspecified atom stereocenters. The van der Waals surface area contributed by atoms with E-state index in [4.69, 9.17) is 4.74 Å². The summed E-state index contributed by atoms with van der Waals surface area (Å²) in [6.07, 6.45) is 4.58. The molecule has 0 N–H and O–H groups in total. The van der Waals surface area contributed by atoms with Crippen LogP contribution < -0.4 is 4.90 Å². The van der Waals surface area contributed by atoms with Crippen molar-refractivity contribution in [3.63, 3.8) is 0 Å². The predicted molar refractivity (Wildman–Crippen MR) is 128 cm³/mol. The number of carbonyl (C=O) groups is 1. The number of benzene rings is 2. The highest BCUT2D eigenvalue weighted by molar-refractivity contribution is 5.94. The van der Waals surface area contributed by atoms with Crippen LogP contribution in [0.4, 0.5) is 5.69 Å². The SMILES string of the molecule is O=C(c1ccc(N2CCc3ccccc3C2)cc1)N1CCC(CCN2CCOCC2)CC1. The summed E-state index contributed by atoms with van der Waals surface area (Å²) in [4.78, 5) is 20.0. The molecule has 3 aliphatic rings. The Bertz CT molecular complexity index is 899. The largest absolute Gasteiger partial charge is 0.379 e. The first-order valence-corrected chi connectivity index (χ1v) is 12.3. The molecule has 0 aromatic heterocycles. The lowest BCUT2D eigenvalue weighted by Gasteiger charge is -2.34. The van der Waals surface area contributed by atoms with Gasteiger partial charge in [0.05, 0.1) is 13.2 Å². The fourth-order valence-corrected chi connectivity index (χ4v) is 5.33. The molecule has 0 atom stereocenters. The number of ether oxygens (including phenoxy) is 1. The van der Waals surface area contributed by atoms with Crippen molar-refractivity contribution >= 4 is 11.6 Å². The van der Waals surface area contributed by atoms with Gasteiger partial charge in [0.1, 0.15) is 0 Å². The van der Waals surface area contributed by atoms with Crippen molar-refractivity contribution in [1.82, 2.24) is 9.80 Å². The Labute approximate surface area is 191 Å². The van der Waals surface area contributed by atoms with Gasteiger partial charge in [-0.2, -0.15) is 0 Å². The van der Waals surface area contributed by atoms with E-state index in [2.05, 4.69) is 51.1 Å². The summed E-state index contributed by atoms with van der Waals surface area (Å²) in [5.41, 5.74) is 4.90. The summed E-state index contributed by atoms with van der Waals surface area (Å²) in [5, 5.41) is 0. The molecule has 0 saturated carbocycles. The van der Waals surface area contributed by atoms with E-state index < -0.39 is 0 Å². The molecule has 3 heterocycles. The molecule has 1 amide bonds. The highest BCUT2D eigenvalue weighted by Crippen LogP contribution is 2.26. The number of likely N-dealkylation sites (tertiary alicyclic amines) is 1. The van der Waals surface area contributed by atoms with Crippen molar-refractivity contribution in [2.45, 2.75) is 32.2 Å². The molecule has 2 aromatic carbocycles. The second kappa shape index (κ2) is 10.1. The first-order chi connectivity index (χ1) is 15.8. The highest BCUT2D eigenvalue weighted by atomic mass is 16.5. The van der Waals surface area contributed by atoms with E-state index >= 15 is 0 Å². The molecule has 0 spiro atoms. The summed E-state index contributed by atoms with van der Waals surface area (Å²) in [5.74, 6) is 0.929. The number of nitrogens with zero attached hydrogens (tertiary/aromatic N) is 3. The molecule has 5 heteroatoms. The minimum absolute atomic E-state index is 0.187. The van der Waals surface area contributed by atoms with Gasteiger partial charge in [0.15, 0.2) is 0 Å². The van der Waals surface area contributed by atoms with Crippen LogP contribution in [0, 0.1) is 5.92 Å². The average Bonchev–Trinajstić information content (AvgIpc) is 2.88. The number of morpholine rings is 1. The Morgan fingerprint density at radius 1 is 0.875 bits per heavy atom. The van der Waals surface area contributed by atoms with Crippen molar-refractivity contribution in [2.24, 2.45) is 5.92 Å². The maximum atomic E-state index is 13.1. The number of piperidine rings is 1. The molecule has 2 saturated heterocycles. The maximum Gasteiger partial charge on any atom is 0.253 e. The third-order valence-corrected chi connectivity index (χ3v) is 7.47. The lowest BCUT2D eigenvalue weighted by Crippen LogP contribution is -2.40. The molecule has 5 nitrogen and oxygen atoms in total. The molecule has 2 aromatic rings. The van der Waals surface area contributed by atoms with Crippen LogP contribution in [0.15, 0.2) is 48.5 Å². The first-order valence-electron chi connectivity index (χ1n) is 12.3. The fraction of sp³-hybridized carbons (Fsp3) is 0.519. The predicted octanol–water partition coefficient (Wildman–Crippen LogP) is 3.82. The number of hydrogen-bond acceptors (Lipinski definition) is 4. The standard InChI is InChI=1S/C27H35N3O2/c31-27(29-14-10-22(11-15-29)9-13-28-17-19-32-20-18-28)24-5-7-26(8-6-24)30-16-12-23-3-1-2-4-25(23)21-30/h1-8,22H,9-21H2.